The number of ether oxygens (including phenoxy) is 1. The lowest BCUT2D eigenvalue weighted by Crippen LogP contribution is -2.44. The molecule has 4 nitrogen and oxygen atoms in total. The summed E-state index contributed by atoms with van der Waals surface area (Å²) < 4.78 is 5.28. The molecule has 2 unspecified atom stereocenters. The first kappa shape index (κ1) is 17.3. The molecule has 132 valence electrons. The molecule has 0 aliphatic heterocycles. The van der Waals surface area contributed by atoms with Crippen molar-refractivity contribution in [2.24, 2.45) is 11.7 Å². The molecule has 2 saturated carbocycles. The van der Waals surface area contributed by atoms with Gasteiger partial charge in [0.25, 0.3) is 0 Å². The molecular formula is C20H30N2O2. The summed E-state index contributed by atoms with van der Waals surface area (Å²) in [7, 11) is 1.69. The number of carbonyl (C=O) groups excluding carboxylic acids is 1. The molecule has 0 aromatic heterocycles. The van der Waals surface area contributed by atoms with E-state index in [0.29, 0.717) is 0 Å². The molecule has 1 aromatic rings. The van der Waals surface area contributed by atoms with E-state index in [2.05, 4.69) is 17.4 Å². The Kier molecular flexibility index (Phi) is 5.44. The van der Waals surface area contributed by atoms with Crippen LogP contribution in [-0.4, -0.2) is 25.6 Å². The molecule has 0 spiro atoms. The Bertz CT molecular complexity index is 549. The minimum absolute atomic E-state index is 0.0703. The predicted octanol–water partition coefficient (Wildman–Crippen LogP) is 3.14. The Morgan fingerprint density at radius 2 is 1.92 bits per heavy atom. The van der Waals surface area contributed by atoms with Crippen LogP contribution in [0.3, 0.4) is 0 Å². The maximum Gasteiger partial charge on any atom is 0.223 e. The van der Waals surface area contributed by atoms with Gasteiger partial charge >= 0.3 is 0 Å². The average molecular weight is 330 g/mol. The zero-order valence-electron chi connectivity index (χ0n) is 14.7. The van der Waals surface area contributed by atoms with E-state index in [9.17, 15) is 4.79 Å². The molecule has 0 bridgehead atoms. The van der Waals surface area contributed by atoms with E-state index in [-0.39, 0.29) is 23.3 Å². The SMILES string of the molecule is COc1ccc(C2(CNC(=O)C3CCC(N)C3)CCCCC2)cc1. The third-order valence-corrected chi connectivity index (χ3v) is 5.96. The highest BCUT2D eigenvalue weighted by molar-refractivity contribution is 5.79. The van der Waals surface area contributed by atoms with Crippen LogP contribution in [0.15, 0.2) is 24.3 Å². The van der Waals surface area contributed by atoms with Gasteiger partial charge in [-0.05, 0) is 49.8 Å². The first-order valence-electron chi connectivity index (χ1n) is 9.31. The smallest absolute Gasteiger partial charge is 0.223 e. The summed E-state index contributed by atoms with van der Waals surface area (Å²) in [6, 6.07) is 8.60. The van der Waals surface area contributed by atoms with Crippen molar-refractivity contribution in [3.05, 3.63) is 29.8 Å². The van der Waals surface area contributed by atoms with E-state index in [0.717, 1.165) is 44.4 Å². The van der Waals surface area contributed by atoms with Gasteiger partial charge in [0.15, 0.2) is 0 Å². The van der Waals surface area contributed by atoms with Crippen LogP contribution in [0.25, 0.3) is 0 Å². The molecule has 2 atom stereocenters. The third kappa shape index (κ3) is 3.75. The monoisotopic (exact) mass is 330 g/mol. The molecule has 0 saturated heterocycles. The lowest BCUT2D eigenvalue weighted by atomic mass is 9.69. The number of nitrogens with one attached hydrogen (secondary N) is 1. The van der Waals surface area contributed by atoms with Gasteiger partial charge in [-0.1, -0.05) is 31.4 Å². The molecule has 1 amide bonds. The van der Waals surface area contributed by atoms with Crippen LogP contribution in [-0.2, 0) is 10.2 Å². The van der Waals surface area contributed by atoms with E-state index in [1.807, 2.05) is 12.1 Å². The third-order valence-electron chi connectivity index (χ3n) is 5.96. The Morgan fingerprint density at radius 3 is 2.50 bits per heavy atom. The van der Waals surface area contributed by atoms with E-state index in [1.54, 1.807) is 7.11 Å². The van der Waals surface area contributed by atoms with Crippen LogP contribution < -0.4 is 15.8 Å². The molecule has 24 heavy (non-hydrogen) atoms. The van der Waals surface area contributed by atoms with Crippen LogP contribution in [0.4, 0.5) is 0 Å². The van der Waals surface area contributed by atoms with Crippen molar-refractivity contribution in [1.29, 1.82) is 0 Å². The van der Waals surface area contributed by atoms with E-state index in [4.69, 9.17) is 10.5 Å². The molecule has 0 radical (unpaired) electrons. The number of benzene rings is 1. The fourth-order valence-corrected chi connectivity index (χ4v) is 4.40. The first-order valence-corrected chi connectivity index (χ1v) is 9.31. The summed E-state index contributed by atoms with van der Waals surface area (Å²) in [6.45, 7) is 0.740. The molecule has 2 fully saturated rings. The lowest BCUT2D eigenvalue weighted by molar-refractivity contribution is -0.125. The Labute approximate surface area is 145 Å². The van der Waals surface area contributed by atoms with Crippen molar-refractivity contribution in [3.8, 4) is 5.75 Å². The van der Waals surface area contributed by atoms with Gasteiger partial charge in [-0.25, -0.2) is 0 Å². The van der Waals surface area contributed by atoms with Gasteiger partial charge in [-0.15, -0.1) is 0 Å². The van der Waals surface area contributed by atoms with Gasteiger partial charge in [0.1, 0.15) is 5.75 Å². The van der Waals surface area contributed by atoms with Crippen molar-refractivity contribution in [3.63, 3.8) is 0 Å². The normalized spacial score (nSPS) is 26.1. The molecule has 3 N–H and O–H groups in total. The minimum Gasteiger partial charge on any atom is -0.497 e. The van der Waals surface area contributed by atoms with E-state index in [1.165, 1.54) is 24.8 Å². The van der Waals surface area contributed by atoms with Crippen LogP contribution in [0.5, 0.6) is 5.75 Å². The maximum absolute atomic E-state index is 12.5. The Balaban J connectivity index is 1.70. The van der Waals surface area contributed by atoms with Crippen molar-refractivity contribution in [2.75, 3.05) is 13.7 Å². The Morgan fingerprint density at radius 1 is 1.21 bits per heavy atom. The van der Waals surface area contributed by atoms with Crippen molar-refractivity contribution < 1.29 is 9.53 Å². The number of rotatable bonds is 5. The molecule has 1 aromatic carbocycles. The second-order valence-corrected chi connectivity index (χ2v) is 7.56. The molecular weight excluding hydrogens is 300 g/mol. The van der Waals surface area contributed by atoms with Crippen LogP contribution in [0.1, 0.15) is 56.9 Å². The Hall–Kier alpha value is -1.55. The zero-order valence-corrected chi connectivity index (χ0v) is 14.7. The first-order chi connectivity index (χ1) is 11.6. The van der Waals surface area contributed by atoms with Gasteiger partial charge < -0.3 is 15.8 Å². The van der Waals surface area contributed by atoms with Crippen molar-refractivity contribution >= 4 is 5.91 Å². The highest BCUT2D eigenvalue weighted by atomic mass is 16.5. The predicted molar refractivity (Wildman–Crippen MR) is 96.1 cm³/mol. The number of hydrogen-bond acceptors (Lipinski definition) is 3. The van der Waals surface area contributed by atoms with E-state index < -0.39 is 0 Å². The number of nitrogens with two attached hydrogens (primary N) is 1. The number of hydrogen-bond donors (Lipinski definition) is 2. The average Bonchev–Trinajstić information content (AvgIpc) is 3.07. The summed E-state index contributed by atoms with van der Waals surface area (Å²) >= 11 is 0. The summed E-state index contributed by atoms with van der Waals surface area (Å²) in [6.07, 6.45) is 8.79. The molecule has 3 rings (SSSR count). The second-order valence-electron chi connectivity index (χ2n) is 7.56. The summed E-state index contributed by atoms with van der Waals surface area (Å²) in [5, 5.41) is 3.26. The van der Waals surface area contributed by atoms with Crippen molar-refractivity contribution in [1.82, 2.24) is 5.32 Å². The van der Waals surface area contributed by atoms with Gasteiger partial charge in [-0.2, -0.15) is 0 Å². The highest BCUT2D eigenvalue weighted by Gasteiger charge is 2.35. The number of carbonyl (C=O) groups is 1. The van der Waals surface area contributed by atoms with Gasteiger partial charge in [0.2, 0.25) is 5.91 Å². The quantitative estimate of drug-likeness (QED) is 0.872. The van der Waals surface area contributed by atoms with Crippen LogP contribution in [0.2, 0.25) is 0 Å². The molecule has 2 aliphatic rings. The highest BCUT2D eigenvalue weighted by Crippen LogP contribution is 2.39. The zero-order chi connectivity index (χ0) is 17.0. The van der Waals surface area contributed by atoms with Crippen LogP contribution >= 0.6 is 0 Å². The minimum atomic E-state index is 0.0703. The lowest BCUT2D eigenvalue weighted by Gasteiger charge is -2.38. The molecule has 2 aliphatic carbocycles. The van der Waals surface area contributed by atoms with E-state index >= 15 is 0 Å². The van der Waals surface area contributed by atoms with Gasteiger partial charge in [0, 0.05) is 23.9 Å². The van der Waals surface area contributed by atoms with Crippen LogP contribution in [0, 0.1) is 5.92 Å². The summed E-state index contributed by atoms with van der Waals surface area (Å²) in [5.74, 6) is 1.19. The maximum atomic E-state index is 12.5. The topological polar surface area (TPSA) is 64.3 Å². The number of methoxy groups -OCH3 is 1. The second kappa shape index (κ2) is 7.56. The standard InChI is InChI=1S/C20H30N2O2/c1-24-18-9-6-16(7-10-18)20(11-3-2-4-12-20)14-22-19(23)15-5-8-17(21)13-15/h6-7,9-10,15,17H,2-5,8,11-14,21H2,1H3,(H,22,23). The van der Waals surface area contributed by atoms with Gasteiger partial charge in [-0.3, -0.25) is 4.79 Å². The van der Waals surface area contributed by atoms with Crippen molar-refractivity contribution in [2.45, 2.75) is 62.8 Å². The largest absolute Gasteiger partial charge is 0.497 e. The molecule has 0 heterocycles. The van der Waals surface area contributed by atoms with Gasteiger partial charge in [0.05, 0.1) is 7.11 Å². The molecule has 4 heteroatoms. The summed E-state index contributed by atoms with van der Waals surface area (Å²) in [5.41, 5.74) is 7.35. The summed E-state index contributed by atoms with van der Waals surface area (Å²) in [4.78, 5) is 12.5. The fraction of sp³-hybridized carbons (Fsp3) is 0.650. The number of amides is 1. The fourth-order valence-electron chi connectivity index (χ4n) is 4.40.